The molecule has 4 rings (SSSR count). The molecule has 0 saturated carbocycles. The third-order valence-electron chi connectivity index (χ3n) is 4.19. The zero-order valence-corrected chi connectivity index (χ0v) is 14.1. The second-order valence-electron chi connectivity index (χ2n) is 5.83. The highest BCUT2D eigenvalue weighted by Crippen LogP contribution is 2.39. The summed E-state index contributed by atoms with van der Waals surface area (Å²) in [5, 5.41) is 0. The molecule has 2 aliphatic rings. The van der Waals surface area contributed by atoms with E-state index in [-0.39, 0.29) is 0 Å². The van der Waals surface area contributed by atoms with E-state index in [0.29, 0.717) is 13.2 Å². The molecule has 0 bridgehead atoms. The van der Waals surface area contributed by atoms with Gasteiger partial charge in [-0.1, -0.05) is 30.4 Å². The van der Waals surface area contributed by atoms with Gasteiger partial charge in [0.05, 0.1) is 12.8 Å². The average Bonchev–Trinajstić information content (AvgIpc) is 3.15. The second-order valence-corrected chi connectivity index (χ2v) is 5.83. The molecule has 25 heavy (non-hydrogen) atoms. The average molecular weight is 333 g/mol. The molecule has 2 aliphatic heterocycles. The minimum atomic E-state index is 0.575. The molecule has 0 N–H and O–H groups in total. The van der Waals surface area contributed by atoms with Crippen LogP contribution in [0.15, 0.2) is 59.6 Å². The Labute approximate surface area is 147 Å². The van der Waals surface area contributed by atoms with Crippen molar-refractivity contribution in [1.82, 2.24) is 0 Å². The van der Waals surface area contributed by atoms with Crippen LogP contribution in [0.25, 0.3) is 11.8 Å². The Hall–Kier alpha value is -3.01. The molecule has 2 aromatic carbocycles. The monoisotopic (exact) mass is 333 g/mol. The molecule has 4 heteroatoms. The van der Waals surface area contributed by atoms with Gasteiger partial charge in [0, 0.05) is 17.7 Å². The first-order chi connectivity index (χ1) is 12.3. The van der Waals surface area contributed by atoms with Crippen molar-refractivity contribution in [3.63, 3.8) is 0 Å². The second kappa shape index (κ2) is 6.85. The van der Waals surface area contributed by atoms with Crippen LogP contribution in [0.5, 0.6) is 17.2 Å². The van der Waals surface area contributed by atoms with Crippen LogP contribution < -0.4 is 14.2 Å². The molecule has 0 aliphatic carbocycles. The zero-order valence-electron chi connectivity index (χ0n) is 14.1. The van der Waals surface area contributed by atoms with Crippen molar-refractivity contribution in [3.8, 4) is 17.2 Å². The number of nitrogens with zero attached hydrogens (tertiary/aromatic N) is 1. The number of hydrogen-bond donors (Lipinski definition) is 0. The van der Waals surface area contributed by atoms with Gasteiger partial charge < -0.3 is 14.2 Å². The number of allylic oxidation sites excluding steroid dienone is 2. The smallest absolute Gasteiger partial charge is 0.170 e. The molecule has 0 unspecified atom stereocenters. The SMILES string of the molecule is COc1ccc(/C=C/C2=NC(c3cccc4c3OCCO4)=CC2)cc1. The van der Waals surface area contributed by atoms with Gasteiger partial charge in [-0.05, 0) is 35.9 Å². The molecule has 0 aromatic heterocycles. The number of benzene rings is 2. The van der Waals surface area contributed by atoms with E-state index in [1.165, 1.54) is 0 Å². The number of ether oxygens (including phenoxy) is 3. The van der Waals surface area contributed by atoms with E-state index in [2.05, 4.69) is 18.2 Å². The molecule has 0 fully saturated rings. The maximum absolute atomic E-state index is 5.79. The van der Waals surface area contributed by atoms with E-state index >= 15 is 0 Å². The van der Waals surface area contributed by atoms with Crippen molar-refractivity contribution in [2.75, 3.05) is 20.3 Å². The molecular formula is C21H19NO3. The number of rotatable bonds is 4. The number of aliphatic imine (C=N–C) groups is 1. The lowest BCUT2D eigenvalue weighted by atomic mass is 10.1. The van der Waals surface area contributed by atoms with E-state index in [0.717, 1.165) is 46.2 Å². The molecule has 126 valence electrons. The van der Waals surface area contributed by atoms with E-state index < -0.39 is 0 Å². The molecule has 0 saturated heterocycles. The Morgan fingerprint density at radius 1 is 1.00 bits per heavy atom. The standard InChI is InChI=1S/C21H19NO3/c1-23-17-10-6-15(7-11-17)5-8-16-9-12-19(22-16)18-3-2-4-20-21(18)25-14-13-24-20/h2-8,10-12H,9,13-14H2,1H3/b8-5+. The summed E-state index contributed by atoms with van der Waals surface area (Å²) in [6, 6.07) is 13.9. The van der Waals surface area contributed by atoms with Gasteiger partial charge in [0.15, 0.2) is 11.5 Å². The van der Waals surface area contributed by atoms with Crippen molar-refractivity contribution in [2.45, 2.75) is 6.42 Å². The maximum Gasteiger partial charge on any atom is 0.170 e. The highest BCUT2D eigenvalue weighted by atomic mass is 16.6. The Bertz CT molecular complexity index is 863. The summed E-state index contributed by atoms with van der Waals surface area (Å²) < 4.78 is 16.6. The van der Waals surface area contributed by atoms with Gasteiger partial charge in [-0.3, -0.25) is 4.99 Å². The van der Waals surface area contributed by atoms with Crippen molar-refractivity contribution in [1.29, 1.82) is 0 Å². The molecule has 0 radical (unpaired) electrons. The first-order valence-corrected chi connectivity index (χ1v) is 8.32. The van der Waals surface area contributed by atoms with E-state index in [1.54, 1.807) is 7.11 Å². The fourth-order valence-corrected chi connectivity index (χ4v) is 2.91. The maximum atomic E-state index is 5.79. The Balaban J connectivity index is 1.53. The predicted molar refractivity (Wildman–Crippen MR) is 99.5 cm³/mol. The number of fused-ring (bicyclic) bond motifs is 1. The Kier molecular flexibility index (Phi) is 4.25. The summed E-state index contributed by atoms with van der Waals surface area (Å²) in [5.41, 5.74) is 4.08. The van der Waals surface area contributed by atoms with E-state index in [4.69, 9.17) is 19.2 Å². The van der Waals surface area contributed by atoms with Gasteiger partial charge in [0.1, 0.15) is 19.0 Å². The number of hydrogen-bond acceptors (Lipinski definition) is 4. The predicted octanol–water partition coefficient (Wildman–Crippen LogP) is 4.37. The molecule has 0 amide bonds. The van der Waals surface area contributed by atoms with Crippen LogP contribution in [0.3, 0.4) is 0 Å². The first kappa shape index (κ1) is 15.5. The molecule has 0 spiro atoms. The largest absolute Gasteiger partial charge is 0.497 e. The molecule has 4 nitrogen and oxygen atoms in total. The Morgan fingerprint density at radius 2 is 1.84 bits per heavy atom. The fraction of sp³-hybridized carbons (Fsp3) is 0.190. The fourth-order valence-electron chi connectivity index (χ4n) is 2.91. The topological polar surface area (TPSA) is 40.0 Å². The summed E-state index contributed by atoms with van der Waals surface area (Å²) in [5.74, 6) is 2.45. The molecule has 2 heterocycles. The van der Waals surface area contributed by atoms with Gasteiger partial charge in [0.25, 0.3) is 0 Å². The van der Waals surface area contributed by atoms with E-state index in [9.17, 15) is 0 Å². The van der Waals surface area contributed by atoms with Gasteiger partial charge in [-0.2, -0.15) is 0 Å². The van der Waals surface area contributed by atoms with Crippen LogP contribution in [-0.4, -0.2) is 26.0 Å². The van der Waals surface area contributed by atoms with Crippen molar-refractivity contribution in [2.24, 2.45) is 4.99 Å². The van der Waals surface area contributed by atoms with Crippen molar-refractivity contribution < 1.29 is 14.2 Å². The molecule has 0 atom stereocenters. The highest BCUT2D eigenvalue weighted by Gasteiger charge is 2.19. The van der Waals surface area contributed by atoms with Gasteiger partial charge in [-0.25, -0.2) is 0 Å². The van der Waals surface area contributed by atoms with Crippen LogP contribution in [-0.2, 0) is 0 Å². The molecule has 2 aromatic rings. The van der Waals surface area contributed by atoms with Gasteiger partial charge in [-0.15, -0.1) is 0 Å². The zero-order chi connectivity index (χ0) is 17.1. The number of methoxy groups -OCH3 is 1. The lowest BCUT2D eigenvalue weighted by Crippen LogP contribution is -2.16. The number of para-hydroxylation sites is 1. The van der Waals surface area contributed by atoms with Crippen LogP contribution in [0.2, 0.25) is 0 Å². The normalized spacial score (nSPS) is 15.9. The third kappa shape index (κ3) is 3.29. The molecular weight excluding hydrogens is 314 g/mol. The van der Waals surface area contributed by atoms with Crippen LogP contribution >= 0.6 is 0 Å². The van der Waals surface area contributed by atoms with Crippen molar-refractivity contribution >= 4 is 17.5 Å². The lowest BCUT2D eigenvalue weighted by molar-refractivity contribution is 0.171. The minimum absolute atomic E-state index is 0.575. The van der Waals surface area contributed by atoms with E-state index in [1.807, 2.05) is 42.5 Å². The summed E-state index contributed by atoms with van der Waals surface area (Å²) in [6.07, 6.45) is 7.06. The third-order valence-corrected chi connectivity index (χ3v) is 4.19. The Morgan fingerprint density at radius 3 is 2.68 bits per heavy atom. The summed E-state index contributed by atoms with van der Waals surface area (Å²) >= 11 is 0. The van der Waals surface area contributed by atoms with Crippen LogP contribution in [0.4, 0.5) is 0 Å². The quantitative estimate of drug-likeness (QED) is 0.834. The van der Waals surface area contributed by atoms with Crippen molar-refractivity contribution in [3.05, 3.63) is 65.7 Å². The summed E-state index contributed by atoms with van der Waals surface area (Å²) in [6.45, 7) is 1.17. The van der Waals surface area contributed by atoms with Gasteiger partial charge >= 0.3 is 0 Å². The van der Waals surface area contributed by atoms with Crippen LogP contribution in [0.1, 0.15) is 17.5 Å². The first-order valence-electron chi connectivity index (χ1n) is 8.32. The highest BCUT2D eigenvalue weighted by molar-refractivity contribution is 6.05. The van der Waals surface area contributed by atoms with Gasteiger partial charge in [0.2, 0.25) is 0 Å². The summed E-state index contributed by atoms with van der Waals surface area (Å²) in [7, 11) is 1.67. The van der Waals surface area contributed by atoms with Crippen LogP contribution in [0, 0.1) is 0 Å². The lowest BCUT2D eigenvalue weighted by Gasteiger charge is -2.20. The summed E-state index contributed by atoms with van der Waals surface area (Å²) in [4.78, 5) is 4.75. The minimum Gasteiger partial charge on any atom is -0.497 e.